The molecule has 0 aliphatic heterocycles. The van der Waals surface area contributed by atoms with Gasteiger partial charge in [-0.2, -0.15) is 0 Å². The number of hydrogen-bond donors (Lipinski definition) is 4. The average Bonchev–Trinajstić information content (AvgIpc) is 2.01. The van der Waals surface area contributed by atoms with Gasteiger partial charge in [-0.25, -0.2) is 9.78 Å². The van der Waals surface area contributed by atoms with Crippen molar-refractivity contribution in [2.24, 2.45) is 0 Å². The highest BCUT2D eigenvalue weighted by Crippen LogP contribution is 2.30. The third-order valence-electron chi connectivity index (χ3n) is 0.837. The van der Waals surface area contributed by atoms with Crippen molar-refractivity contribution in [1.82, 2.24) is 9.97 Å². The van der Waals surface area contributed by atoms with Gasteiger partial charge in [0.25, 0.3) is 0 Å². The normalized spacial score (nSPS) is 11.1. The molecule has 1 aromatic heterocycles. The summed E-state index contributed by atoms with van der Waals surface area (Å²) < 4.78 is 22.2. The van der Waals surface area contributed by atoms with E-state index in [1.807, 2.05) is 0 Å². The number of nitrogens with zero attached hydrogens (tertiary/aromatic N) is 1. The van der Waals surface area contributed by atoms with Crippen LogP contribution in [0.5, 0.6) is 0 Å². The molecule has 0 saturated heterocycles. The highest BCUT2D eigenvalue weighted by Gasteiger charge is 2.31. The number of rotatable bonds is 2. The van der Waals surface area contributed by atoms with E-state index in [0.29, 0.717) is 5.82 Å². The molecule has 2 unspecified atom stereocenters. The Morgan fingerprint density at radius 3 is 2.13 bits per heavy atom. The number of hydrogen-bond acceptors (Lipinski definition) is 6. The van der Waals surface area contributed by atoms with Crippen molar-refractivity contribution in [1.29, 1.82) is 0 Å². The molecule has 1 heterocycles. The minimum Gasteiger partial charge on any atom is -0.385 e. The van der Waals surface area contributed by atoms with Crippen molar-refractivity contribution in [2.45, 2.75) is 0 Å². The third-order valence-corrected chi connectivity index (χ3v) is 1.95. The Morgan fingerprint density at radius 2 is 1.93 bits per heavy atom. The van der Waals surface area contributed by atoms with E-state index in [4.69, 9.17) is 15.5 Å². The zero-order valence-electron chi connectivity index (χ0n) is 7.10. The van der Waals surface area contributed by atoms with Crippen LogP contribution in [0.1, 0.15) is 0 Å². The zero-order chi connectivity index (χ0) is 11.8. The van der Waals surface area contributed by atoms with Gasteiger partial charge in [-0.3, -0.25) is 4.98 Å². The molecule has 0 aliphatic carbocycles. The molecule has 1 rings (SSSR count). The molecule has 82 valence electrons. The number of aromatic amines is 1. The summed E-state index contributed by atoms with van der Waals surface area (Å²) in [6, 6.07) is 1.52. The summed E-state index contributed by atoms with van der Waals surface area (Å²) in [4.78, 5) is 31.2. The highest BCUT2D eigenvalue weighted by molar-refractivity contribution is 7.46. The van der Waals surface area contributed by atoms with Crippen molar-refractivity contribution >= 4 is 22.3 Å². The molecule has 0 radical (unpaired) electrons. The molecule has 0 spiro atoms. The molecule has 9 nitrogen and oxygen atoms in total. The molecular weight excluding hydrogens is 248 g/mol. The van der Waals surface area contributed by atoms with Crippen molar-refractivity contribution in [3.8, 4) is 0 Å². The van der Waals surface area contributed by atoms with E-state index in [9.17, 15) is 13.9 Å². The molecule has 0 fully saturated rings. The number of H-pyrrole nitrogens is 1. The van der Waals surface area contributed by atoms with Crippen LogP contribution >= 0.6 is 16.5 Å². The first-order valence-corrected chi connectivity index (χ1v) is 5.49. The van der Waals surface area contributed by atoms with Gasteiger partial charge in [0.05, 0.1) is 0 Å². The van der Waals surface area contributed by atoms with Crippen molar-refractivity contribution in [3.63, 3.8) is 0 Å². The van der Waals surface area contributed by atoms with Crippen molar-refractivity contribution < 1.29 is 23.2 Å². The zero-order valence-corrected chi connectivity index (χ0v) is 8.89. The van der Waals surface area contributed by atoms with Gasteiger partial charge in [-0.05, 0) is 6.07 Å². The molecule has 0 bridgehead atoms. The lowest BCUT2D eigenvalue weighted by Gasteiger charge is -1.84. The fraction of sp³-hybridized carbons (Fsp3) is 0. The summed E-state index contributed by atoms with van der Waals surface area (Å²) in [5.74, 6) is 0.338. The molecule has 0 aliphatic rings. The SMILES string of the molecule is Nc1ccnc(=O)[nH]1.O=[P+](O)O[P+](=O)O. The van der Waals surface area contributed by atoms with Crippen LogP contribution in [0, 0.1) is 0 Å². The van der Waals surface area contributed by atoms with E-state index in [1.165, 1.54) is 12.3 Å². The van der Waals surface area contributed by atoms with E-state index < -0.39 is 22.2 Å². The first-order chi connectivity index (χ1) is 6.91. The number of nitrogens with one attached hydrogen (secondary N) is 1. The van der Waals surface area contributed by atoms with Gasteiger partial charge in [-0.15, -0.1) is 9.79 Å². The van der Waals surface area contributed by atoms with Crippen LogP contribution in [0.4, 0.5) is 5.82 Å². The predicted octanol–water partition coefficient (Wildman–Crippen LogP) is -0.346. The number of anilines is 1. The third kappa shape index (κ3) is 9.07. The fourth-order valence-electron chi connectivity index (χ4n) is 0.442. The molecular formula is C4H7N3O6P2+2. The molecule has 0 aromatic carbocycles. The van der Waals surface area contributed by atoms with Crippen LogP contribution in [0.2, 0.25) is 0 Å². The Hall–Kier alpha value is -1.24. The summed E-state index contributed by atoms with van der Waals surface area (Å²) in [6.45, 7) is 0. The molecule has 15 heavy (non-hydrogen) atoms. The topological polar surface area (TPSA) is 156 Å². The number of nitrogen functional groups attached to an aromatic ring is 1. The Morgan fingerprint density at radius 1 is 1.40 bits per heavy atom. The maximum absolute atomic E-state index is 10.2. The molecule has 5 N–H and O–H groups in total. The van der Waals surface area contributed by atoms with Crippen LogP contribution < -0.4 is 11.4 Å². The quantitative estimate of drug-likeness (QED) is 0.522. The monoisotopic (exact) mass is 255 g/mol. The van der Waals surface area contributed by atoms with Gasteiger partial charge < -0.3 is 5.73 Å². The van der Waals surface area contributed by atoms with E-state index in [1.54, 1.807) is 0 Å². The lowest BCUT2D eigenvalue weighted by molar-refractivity contribution is 0.371. The predicted molar refractivity (Wildman–Crippen MR) is 50.0 cm³/mol. The summed E-state index contributed by atoms with van der Waals surface area (Å²) in [6.07, 6.45) is 1.36. The van der Waals surface area contributed by atoms with Crippen LogP contribution in [-0.4, -0.2) is 19.8 Å². The van der Waals surface area contributed by atoms with Gasteiger partial charge >= 0.3 is 22.2 Å². The summed E-state index contributed by atoms with van der Waals surface area (Å²) in [5.41, 5.74) is 4.75. The molecule has 0 saturated carbocycles. The molecule has 0 amide bonds. The second kappa shape index (κ2) is 7.10. The lowest BCUT2D eigenvalue weighted by Crippen LogP contribution is -2.10. The second-order valence-electron chi connectivity index (χ2n) is 1.89. The van der Waals surface area contributed by atoms with Gasteiger partial charge in [-0.1, -0.05) is 0 Å². The Balaban J connectivity index is 0.000000265. The standard InChI is InChI=1S/C4H5N3O.O5P2/c5-3-1-2-6-4(8)7-3;1-6(2)5-7(3)4/h1-2H,(H3,5,6,7,8);/p+2. The second-order valence-corrected chi connectivity index (χ2v) is 3.49. The van der Waals surface area contributed by atoms with Gasteiger partial charge in [0.2, 0.25) is 0 Å². The number of aromatic nitrogens is 2. The minimum absolute atomic E-state index is 0.338. The van der Waals surface area contributed by atoms with E-state index in [-0.39, 0.29) is 0 Å². The minimum atomic E-state index is -2.92. The van der Waals surface area contributed by atoms with Gasteiger partial charge in [0.1, 0.15) is 5.82 Å². The van der Waals surface area contributed by atoms with Crippen LogP contribution in [0.25, 0.3) is 0 Å². The summed E-state index contributed by atoms with van der Waals surface area (Å²) >= 11 is 0. The smallest absolute Gasteiger partial charge is 0.385 e. The van der Waals surface area contributed by atoms with E-state index >= 15 is 0 Å². The van der Waals surface area contributed by atoms with E-state index in [0.717, 1.165) is 0 Å². The van der Waals surface area contributed by atoms with Crippen molar-refractivity contribution in [2.75, 3.05) is 5.73 Å². The fourth-order valence-corrected chi connectivity index (χ4v) is 0.920. The molecule has 11 heteroatoms. The van der Waals surface area contributed by atoms with Crippen LogP contribution in [0.3, 0.4) is 0 Å². The summed E-state index contributed by atoms with van der Waals surface area (Å²) in [5, 5.41) is 0. The Bertz CT molecular complexity index is 393. The molecule has 2 atom stereocenters. The lowest BCUT2D eigenvalue weighted by atomic mass is 10.6. The van der Waals surface area contributed by atoms with Crippen molar-refractivity contribution in [3.05, 3.63) is 22.7 Å². The maximum atomic E-state index is 10.2. The van der Waals surface area contributed by atoms with Gasteiger partial charge in [0.15, 0.2) is 4.31 Å². The molecule has 1 aromatic rings. The Kier molecular flexibility index (Phi) is 6.52. The van der Waals surface area contributed by atoms with Crippen LogP contribution in [-0.2, 0) is 13.4 Å². The van der Waals surface area contributed by atoms with Crippen LogP contribution in [0.15, 0.2) is 17.1 Å². The van der Waals surface area contributed by atoms with E-state index in [2.05, 4.69) is 14.3 Å². The average molecular weight is 255 g/mol. The first-order valence-electron chi connectivity index (χ1n) is 3.23. The van der Waals surface area contributed by atoms with Gasteiger partial charge in [0, 0.05) is 15.3 Å². The first kappa shape index (κ1) is 13.8. The Labute approximate surface area is 84.8 Å². The largest absolute Gasteiger partial charge is 0.745 e. The highest BCUT2D eigenvalue weighted by atomic mass is 31.2. The summed E-state index contributed by atoms with van der Waals surface area (Å²) in [7, 11) is -5.85. The number of nitrogens with two attached hydrogens (primary N) is 1. The maximum Gasteiger partial charge on any atom is 0.745 e.